The molecule has 3 rings (SSSR count). The molecule has 0 fully saturated rings. The first-order valence-corrected chi connectivity index (χ1v) is 8.96. The Labute approximate surface area is 149 Å². The van der Waals surface area contributed by atoms with Gasteiger partial charge >= 0.3 is 0 Å². The summed E-state index contributed by atoms with van der Waals surface area (Å²) in [5.74, 6) is 0.778. The highest BCUT2D eigenvalue weighted by Gasteiger charge is 2.23. The standard InChI is InChI=1S/C17H19ClN4OS/c1-9(2)14-13(21-17(18)24-14)16(23)19-10(3)15-20-11-7-5-6-8-12(11)22(15)4/h5-10H,1-4H3,(H,19,23)/t10-/m0/s1. The zero-order chi connectivity index (χ0) is 17.4. The fourth-order valence-electron chi connectivity index (χ4n) is 2.74. The van der Waals surface area contributed by atoms with E-state index in [1.54, 1.807) is 0 Å². The maximum Gasteiger partial charge on any atom is 0.271 e. The third-order valence-electron chi connectivity index (χ3n) is 3.92. The maximum absolute atomic E-state index is 12.6. The lowest BCUT2D eigenvalue weighted by atomic mass is 10.1. The van der Waals surface area contributed by atoms with Crippen LogP contribution in [-0.2, 0) is 7.05 Å². The summed E-state index contributed by atoms with van der Waals surface area (Å²) >= 11 is 7.35. The van der Waals surface area contributed by atoms with Crippen LogP contribution in [-0.4, -0.2) is 20.4 Å². The van der Waals surface area contributed by atoms with E-state index in [2.05, 4.69) is 15.3 Å². The number of carbonyl (C=O) groups excluding carboxylic acids is 1. The summed E-state index contributed by atoms with van der Waals surface area (Å²) in [6.07, 6.45) is 0. The lowest BCUT2D eigenvalue weighted by Crippen LogP contribution is -2.29. The van der Waals surface area contributed by atoms with Crippen molar-refractivity contribution < 1.29 is 4.79 Å². The van der Waals surface area contributed by atoms with Gasteiger partial charge in [0.1, 0.15) is 11.5 Å². The van der Waals surface area contributed by atoms with Crippen LogP contribution < -0.4 is 5.32 Å². The fourth-order valence-corrected chi connectivity index (χ4v) is 3.86. The van der Waals surface area contributed by atoms with Gasteiger partial charge in [0.15, 0.2) is 4.47 Å². The second-order valence-corrected chi connectivity index (χ2v) is 7.66. The molecule has 1 atom stereocenters. The van der Waals surface area contributed by atoms with Crippen LogP contribution in [0.4, 0.5) is 0 Å². The van der Waals surface area contributed by atoms with E-state index in [1.165, 1.54) is 11.3 Å². The van der Waals surface area contributed by atoms with Gasteiger partial charge in [-0.05, 0) is 25.0 Å². The van der Waals surface area contributed by atoms with Gasteiger partial charge in [-0.15, -0.1) is 11.3 Å². The smallest absolute Gasteiger partial charge is 0.271 e. The molecule has 0 spiro atoms. The van der Waals surface area contributed by atoms with E-state index in [0.717, 1.165) is 21.7 Å². The van der Waals surface area contributed by atoms with Crippen molar-refractivity contribution in [3.8, 4) is 0 Å². The van der Waals surface area contributed by atoms with Gasteiger partial charge in [0, 0.05) is 11.9 Å². The minimum Gasteiger partial charge on any atom is -0.341 e. The predicted molar refractivity (Wildman–Crippen MR) is 97.8 cm³/mol. The first kappa shape index (κ1) is 16.9. The Bertz CT molecular complexity index is 899. The molecular formula is C17H19ClN4OS. The number of imidazole rings is 1. The lowest BCUT2D eigenvalue weighted by molar-refractivity contribution is 0.0932. The summed E-state index contributed by atoms with van der Waals surface area (Å²) in [5.41, 5.74) is 2.36. The quantitative estimate of drug-likeness (QED) is 0.752. The molecule has 2 heterocycles. The van der Waals surface area contributed by atoms with Gasteiger partial charge in [-0.3, -0.25) is 4.79 Å². The zero-order valence-electron chi connectivity index (χ0n) is 14.0. The molecule has 1 amide bonds. The molecule has 0 unspecified atom stereocenters. The number of nitrogens with zero attached hydrogens (tertiary/aromatic N) is 3. The van der Waals surface area contributed by atoms with E-state index in [-0.39, 0.29) is 17.9 Å². The van der Waals surface area contributed by atoms with Crippen LogP contribution in [0.1, 0.15) is 53.9 Å². The summed E-state index contributed by atoms with van der Waals surface area (Å²) < 4.78 is 2.39. The number of para-hydroxylation sites is 2. The number of carbonyl (C=O) groups is 1. The molecule has 0 aliphatic heterocycles. The molecule has 1 aromatic carbocycles. The molecule has 24 heavy (non-hydrogen) atoms. The molecule has 3 aromatic rings. The zero-order valence-corrected chi connectivity index (χ0v) is 15.6. The molecule has 1 N–H and O–H groups in total. The summed E-state index contributed by atoms with van der Waals surface area (Å²) in [6, 6.07) is 7.66. The van der Waals surface area contributed by atoms with Gasteiger partial charge in [-0.25, -0.2) is 9.97 Å². The molecule has 0 radical (unpaired) electrons. The van der Waals surface area contributed by atoms with Crippen molar-refractivity contribution in [2.45, 2.75) is 32.7 Å². The number of nitrogens with one attached hydrogen (secondary N) is 1. The van der Waals surface area contributed by atoms with Crippen molar-refractivity contribution in [2.75, 3.05) is 0 Å². The molecule has 0 bridgehead atoms. The van der Waals surface area contributed by atoms with Crippen molar-refractivity contribution in [2.24, 2.45) is 7.05 Å². The van der Waals surface area contributed by atoms with Gasteiger partial charge in [0.25, 0.3) is 5.91 Å². The highest BCUT2D eigenvalue weighted by atomic mass is 35.5. The highest BCUT2D eigenvalue weighted by molar-refractivity contribution is 7.16. The minimum atomic E-state index is -0.240. The fraction of sp³-hybridized carbons (Fsp3) is 0.353. The number of rotatable bonds is 4. The summed E-state index contributed by atoms with van der Waals surface area (Å²) in [5, 5.41) is 2.99. The summed E-state index contributed by atoms with van der Waals surface area (Å²) in [4.78, 5) is 22.3. The Balaban J connectivity index is 1.87. The summed E-state index contributed by atoms with van der Waals surface area (Å²) in [7, 11) is 1.95. The molecule has 0 aliphatic rings. The van der Waals surface area contributed by atoms with E-state index in [0.29, 0.717) is 10.2 Å². The summed E-state index contributed by atoms with van der Waals surface area (Å²) in [6.45, 7) is 5.97. The second-order valence-electron chi connectivity index (χ2n) is 6.05. The average Bonchev–Trinajstić information content (AvgIpc) is 3.09. The average molecular weight is 363 g/mol. The molecule has 5 nitrogen and oxygen atoms in total. The molecule has 126 valence electrons. The van der Waals surface area contributed by atoms with Crippen LogP contribution in [0.3, 0.4) is 0 Å². The van der Waals surface area contributed by atoms with E-state index < -0.39 is 0 Å². The van der Waals surface area contributed by atoms with Crippen LogP contribution in [0.15, 0.2) is 24.3 Å². The number of thiazole rings is 1. The first-order chi connectivity index (χ1) is 11.4. The molecule has 7 heteroatoms. The Morgan fingerprint density at radius 2 is 1.96 bits per heavy atom. The normalized spacial score (nSPS) is 12.8. The highest BCUT2D eigenvalue weighted by Crippen LogP contribution is 2.30. The Hall–Kier alpha value is -1.92. The monoisotopic (exact) mass is 362 g/mol. The molecule has 0 aliphatic carbocycles. The Kier molecular flexibility index (Phi) is 4.60. The molecule has 0 saturated heterocycles. The number of amides is 1. The SMILES string of the molecule is CC(C)c1sc(Cl)nc1C(=O)N[C@@H](C)c1nc2ccccc2n1C. The van der Waals surface area contributed by atoms with Crippen LogP contribution in [0, 0.1) is 0 Å². The number of hydrogen-bond donors (Lipinski definition) is 1. The largest absolute Gasteiger partial charge is 0.341 e. The first-order valence-electron chi connectivity index (χ1n) is 7.77. The predicted octanol–water partition coefficient (Wildman–Crippen LogP) is 4.30. The number of hydrogen-bond acceptors (Lipinski definition) is 4. The van der Waals surface area contributed by atoms with Crippen molar-refractivity contribution in [3.63, 3.8) is 0 Å². The van der Waals surface area contributed by atoms with Crippen molar-refractivity contribution in [3.05, 3.63) is 45.1 Å². The number of halogens is 1. The van der Waals surface area contributed by atoms with Gasteiger partial charge in [0.2, 0.25) is 0 Å². The lowest BCUT2D eigenvalue weighted by Gasteiger charge is -2.14. The minimum absolute atomic E-state index is 0.196. The van der Waals surface area contributed by atoms with Gasteiger partial charge in [-0.1, -0.05) is 37.6 Å². The van der Waals surface area contributed by atoms with E-state index >= 15 is 0 Å². The van der Waals surface area contributed by atoms with E-state index in [1.807, 2.05) is 56.7 Å². The number of fused-ring (bicyclic) bond motifs is 1. The number of aromatic nitrogens is 3. The second kappa shape index (κ2) is 6.53. The maximum atomic E-state index is 12.6. The third kappa shape index (κ3) is 3.03. The number of aryl methyl sites for hydroxylation is 1. The topological polar surface area (TPSA) is 59.8 Å². The van der Waals surface area contributed by atoms with Crippen LogP contribution in [0.2, 0.25) is 4.47 Å². The van der Waals surface area contributed by atoms with Crippen LogP contribution in [0.25, 0.3) is 11.0 Å². The molecule has 2 aromatic heterocycles. The van der Waals surface area contributed by atoms with Crippen molar-refractivity contribution in [1.29, 1.82) is 0 Å². The van der Waals surface area contributed by atoms with E-state index in [4.69, 9.17) is 11.6 Å². The van der Waals surface area contributed by atoms with Crippen molar-refractivity contribution >= 4 is 39.9 Å². The third-order valence-corrected chi connectivity index (χ3v) is 5.38. The number of benzene rings is 1. The van der Waals surface area contributed by atoms with Crippen molar-refractivity contribution in [1.82, 2.24) is 19.9 Å². The Morgan fingerprint density at radius 3 is 2.62 bits per heavy atom. The van der Waals surface area contributed by atoms with E-state index in [9.17, 15) is 4.79 Å². The van der Waals surface area contributed by atoms with Gasteiger partial charge in [-0.2, -0.15) is 0 Å². The van der Waals surface area contributed by atoms with Crippen LogP contribution >= 0.6 is 22.9 Å². The van der Waals surface area contributed by atoms with Gasteiger partial charge < -0.3 is 9.88 Å². The molecular weight excluding hydrogens is 344 g/mol. The molecule has 0 saturated carbocycles. The Morgan fingerprint density at radius 1 is 1.25 bits per heavy atom. The van der Waals surface area contributed by atoms with Gasteiger partial charge in [0.05, 0.1) is 17.1 Å². The van der Waals surface area contributed by atoms with Crippen LogP contribution in [0.5, 0.6) is 0 Å².